The zero-order valence-electron chi connectivity index (χ0n) is 11.5. The van der Waals surface area contributed by atoms with Gasteiger partial charge < -0.3 is 4.74 Å². The highest BCUT2D eigenvalue weighted by Gasteiger charge is 2.06. The molecule has 21 heavy (non-hydrogen) atoms. The number of thioether (sulfide) groups is 1. The van der Waals surface area contributed by atoms with Crippen molar-refractivity contribution in [1.82, 2.24) is 4.98 Å². The maximum absolute atomic E-state index is 6.03. The number of alkyl halides is 1. The zero-order chi connectivity index (χ0) is 14.7. The van der Waals surface area contributed by atoms with Crippen LogP contribution in [0.15, 0.2) is 59.5 Å². The number of halogens is 1. The number of fused-ring (bicyclic) bond motifs is 1. The lowest BCUT2D eigenvalue weighted by Crippen LogP contribution is -1.92. The largest absolute Gasteiger partial charge is 0.439 e. The molecule has 0 N–H and O–H groups in total. The van der Waals surface area contributed by atoms with Crippen molar-refractivity contribution in [3.63, 3.8) is 0 Å². The van der Waals surface area contributed by atoms with Gasteiger partial charge in [-0.15, -0.1) is 23.4 Å². The Morgan fingerprint density at radius 2 is 1.86 bits per heavy atom. The van der Waals surface area contributed by atoms with Gasteiger partial charge in [-0.3, -0.25) is 0 Å². The molecule has 0 saturated heterocycles. The Kier molecular flexibility index (Phi) is 4.32. The number of nitrogens with zero attached hydrogens (tertiary/aromatic N) is 1. The first-order valence-electron chi connectivity index (χ1n) is 6.56. The van der Waals surface area contributed by atoms with Crippen molar-refractivity contribution in [1.29, 1.82) is 0 Å². The van der Waals surface area contributed by atoms with Crippen LogP contribution >= 0.6 is 23.4 Å². The smallest absolute Gasteiger partial charge is 0.220 e. The summed E-state index contributed by atoms with van der Waals surface area (Å²) in [6, 6.07) is 17.8. The maximum atomic E-state index is 6.03. The zero-order valence-corrected chi connectivity index (χ0v) is 13.1. The fourth-order valence-electron chi connectivity index (χ4n) is 2.15. The molecular formula is C17H14ClNOS. The van der Waals surface area contributed by atoms with Crippen molar-refractivity contribution in [2.75, 3.05) is 6.26 Å². The number of aromatic nitrogens is 1. The van der Waals surface area contributed by atoms with Gasteiger partial charge in [0.15, 0.2) is 0 Å². The Bertz CT molecular complexity index is 758. The molecule has 3 aromatic rings. The highest BCUT2D eigenvalue weighted by molar-refractivity contribution is 7.98. The van der Waals surface area contributed by atoms with Crippen molar-refractivity contribution in [2.24, 2.45) is 0 Å². The second-order valence-corrected chi connectivity index (χ2v) is 5.69. The first-order valence-corrected chi connectivity index (χ1v) is 8.32. The van der Waals surface area contributed by atoms with Crippen LogP contribution in [0.4, 0.5) is 0 Å². The van der Waals surface area contributed by atoms with E-state index in [0.717, 1.165) is 22.2 Å². The van der Waals surface area contributed by atoms with Crippen LogP contribution in [0.1, 0.15) is 5.56 Å². The Hall–Kier alpha value is -1.71. The molecule has 0 amide bonds. The molecule has 0 radical (unpaired) electrons. The van der Waals surface area contributed by atoms with E-state index in [9.17, 15) is 0 Å². The average molecular weight is 316 g/mol. The molecule has 1 aromatic heterocycles. The molecule has 0 spiro atoms. The predicted molar refractivity (Wildman–Crippen MR) is 89.6 cm³/mol. The first-order chi connectivity index (χ1) is 10.3. The van der Waals surface area contributed by atoms with Gasteiger partial charge in [-0.05, 0) is 42.2 Å². The van der Waals surface area contributed by atoms with Gasteiger partial charge in [-0.1, -0.05) is 18.2 Å². The molecule has 0 aliphatic carbocycles. The molecule has 0 bridgehead atoms. The minimum absolute atomic E-state index is 0.435. The second kappa shape index (κ2) is 6.37. The van der Waals surface area contributed by atoms with Crippen LogP contribution in [-0.4, -0.2) is 11.2 Å². The molecule has 0 fully saturated rings. The first kappa shape index (κ1) is 14.2. The molecule has 0 aliphatic rings. The summed E-state index contributed by atoms with van der Waals surface area (Å²) in [5, 5.41) is 1.07. The summed E-state index contributed by atoms with van der Waals surface area (Å²) in [5.74, 6) is 1.78. The molecule has 0 unspecified atom stereocenters. The normalized spacial score (nSPS) is 10.8. The molecule has 1 heterocycles. The van der Waals surface area contributed by atoms with Gasteiger partial charge in [0.1, 0.15) is 5.75 Å². The fourth-order valence-corrected chi connectivity index (χ4v) is 2.78. The van der Waals surface area contributed by atoms with E-state index in [-0.39, 0.29) is 0 Å². The highest BCUT2D eigenvalue weighted by Crippen LogP contribution is 2.27. The van der Waals surface area contributed by atoms with Crippen LogP contribution in [0, 0.1) is 0 Å². The Balaban J connectivity index is 1.96. The third kappa shape index (κ3) is 3.14. The van der Waals surface area contributed by atoms with E-state index in [1.165, 1.54) is 4.90 Å². The third-order valence-corrected chi connectivity index (χ3v) is 4.24. The number of rotatable bonds is 4. The molecule has 2 aromatic carbocycles. The van der Waals surface area contributed by atoms with Crippen molar-refractivity contribution in [3.05, 3.63) is 60.2 Å². The lowest BCUT2D eigenvalue weighted by Gasteiger charge is -2.09. The van der Waals surface area contributed by atoms with Crippen LogP contribution in [0.25, 0.3) is 10.9 Å². The summed E-state index contributed by atoms with van der Waals surface area (Å²) < 4.78 is 5.85. The number of hydrogen-bond donors (Lipinski definition) is 0. The summed E-state index contributed by atoms with van der Waals surface area (Å²) in [5.41, 5.74) is 1.92. The third-order valence-electron chi connectivity index (χ3n) is 3.20. The minimum Gasteiger partial charge on any atom is -0.439 e. The molecule has 0 saturated carbocycles. The van der Waals surface area contributed by atoms with Gasteiger partial charge in [0, 0.05) is 22.2 Å². The summed E-state index contributed by atoms with van der Waals surface area (Å²) in [7, 11) is 0. The number of pyridine rings is 1. The monoisotopic (exact) mass is 315 g/mol. The lowest BCUT2D eigenvalue weighted by atomic mass is 10.1. The summed E-state index contributed by atoms with van der Waals surface area (Å²) in [6.45, 7) is 0. The molecule has 3 rings (SSSR count). The van der Waals surface area contributed by atoms with Crippen molar-refractivity contribution < 1.29 is 4.74 Å². The van der Waals surface area contributed by atoms with Crippen molar-refractivity contribution >= 4 is 34.3 Å². The van der Waals surface area contributed by atoms with Crippen molar-refractivity contribution in [2.45, 2.75) is 10.8 Å². The van der Waals surface area contributed by atoms with Gasteiger partial charge in [0.2, 0.25) is 5.88 Å². The summed E-state index contributed by atoms with van der Waals surface area (Å²) >= 11 is 7.74. The second-order valence-electron chi connectivity index (χ2n) is 4.55. The fraction of sp³-hybridized carbons (Fsp3) is 0.118. The Morgan fingerprint density at radius 3 is 2.57 bits per heavy atom. The maximum Gasteiger partial charge on any atom is 0.220 e. The Labute approximate surface area is 133 Å². The molecule has 4 heteroatoms. The van der Waals surface area contributed by atoms with Crippen molar-refractivity contribution in [3.8, 4) is 11.6 Å². The number of benzene rings is 2. The number of hydrogen-bond acceptors (Lipinski definition) is 3. The molecule has 0 aliphatic heterocycles. The molecule has 0 atom stereocenters. The van der Waals surface area contributed by atoms with Crippen LogP contribution in [0.3, 0.4) is 0 Å². The van der Waals surface area contributed by atoms with E-state index in [1.54, 1.807) is 11.8 Å². The minimum atomic E-state index is 0.435. The van der Waals surface area contributed by atoms with Gasteiger partial charge in [-0.2, -0.15) is 0 Å². The number of ether oxygens (including phenoxy) is 1. The molecular weight excluding hydrogens is 302 g/mol. The van der Waals surface area contributed by atoms with Gasteiger partial charge >= 0.3 is 0 Å². The highest BCUT2D eigenvalue weighted by atomic mass is 35.5. The quantitative estimate of drug-likeness (QED) is 0.469. The van der Waals surface area contributed by atoms with Gasteiger partial charge in [-0.25, -0.2) is 4.98 Å². The van der Waals surface area contributed by atoms with E-state index in [1.807, 2.05) is 60.9 Å². The standard InChI is InChI=1S/C17H14ClNOS/c1-21-14-8-6-13(7-9-14)20-17-10-12(11-18)15-4-2-3-5-16(15)19-17/h2-10H,11H2,1H3. The van der Waals surface area contributed by atoms with E-state index in [2.05, 4.69) is 4.98 Å². The Morgan fingerprint density at radius 1 is 1.10 bits per heavy atom. The van der Waals surface area contributed by atoms with Gasteiger partial charge in [0.05, 0.1) is 5.52 Å². The van der Waals surface area contributed by atoms with Crippen LogP contribution in [0.2, 0.25) is 0 Å². The molecule has 106 valence electrons. The van der Waals surface area contributed by atoms with E-state index < -0.39 is 0 Å². The lowest BCUT2D eigenvalue weighted by molar-refractivity contribution is 0.464. The van der Waals surface area contributed by atoms with Crippen LogP contribution in [0.5, 0.6) is 11.6 Å². The van der Waals surface area contributed by atoms with Crippen LogP contribution in [-0.2, 0) is 5.88 Å². The summed E-state index contributed by atoms with van der Waals surface area (Å²) in [6.07, 6.45) is 2.05. The van der Waals surface area contributed by atoms with Gasteiger partial charge in [0.25, 0.3) is 0 Å². The van der Waals surface area contributed by atoms with E-state index >= 15 is 0 Å². The van der Waals surface area contributed by atoms with E-state index in [0.29, 0.717) is 11.8 Å². The van der Waals surface area contributed by atoms with E-state index in [4.69, 9.17) is 16.3 Å². The predicted octanol–water partition coefficient (Wildman–Crippen LogP) is 5.49. The number of para-hydroxylation sites is 1. The average Bonchev–Trinajstić information content (AvgIpc) is 2.55. The summed E-state index contributed by atoms with van der Waals surface area (Å²) in [4.78, 5) is 5.74. The molecule has 2 nitrogen and oxygen atoms in total. The SMILES string of the molecule is CSc1ccc(Oc2cc(CCl)c3ccccc3n2)cc1. The van der Waals surface area contributed by atoms with Crippen LogP contribution < -0.4 is 4.74 Å². The topological polar surface area (TPSA) is 22.1 Å².